The molecule has 0 bridgehead atoms. The van der Waals surface area contributed by atoms with Crippen LogP contribution >= 0.6 is 47.1 Å². The Hall–Kier alpha value is 0.960. The molecule has 11 heavy (non-hydrogen) atoms. The number of rotatable bonds is 4. The van der Waals surface area contributed by atoms with E-state index < -0.39 is 9.43 Å². The first kappa shape index (κ1) is 12.0. The zero-order valence-corrected chi connectivity index (χ0v) is 7.73. The van der Waals surface area contributed by atoms with E-state index in [1.54, 1.807) is 0 Å². The molecule has 9 heteroatoms. The second-order valence-electron chi connectivity index (χ2n) is 1.18. The van der Waals surface area contributed by atoms with Crippen molar-refractivity contribution in [3.8, 4) is 0 Å². The minimum atomic E-state index is -3.62. The van der Waals surface area contributed by atoms with Crippen LogP contribution in [0.15, 0.2) is 0 Å². The number of hydrogen-bond acceptors (Lipinski definition) is 3. The Morgan fingerprint density at radius 3 is 1.36 bits per heavy atom. The Bertz CT molecular complexity index is 108. The van der Waals surface area contributed by atoms with Crippen LogP contribution in [0.4, 0.5) is 17.6 Å². The van der Waals surface area contributed by atoms with E-state index in [-0.39, 0.29) is 23.9 Å². The van der Waals surface area contributed by atoms with Gasteiger partial charge in [0.25, 0.3) is 0 Å². The maximum atomic E-state index is 11.7. The topological polar surface area (TPSA) is 12.0 Å². The zero-order valence-electron chi connectivity index (χ0n) is 4.58. The molecule has 0 aromatic heterocycles. The summed E-state index contributed by atoms with van der Waals surface area (Å²) in [7, 11) is 0. The quantitative estimate of drug-likeness (QED) is 0.466. The van der Waals surface area contributed by atoms with Crippen molar-refractivity contribution in [2.75, 3.05) is 0 Å². The number of halogens is 6. The van der Waals surface area contributed by atoms with E-state index in [0.717, 1.165) is 0 Å². The van der Waals surface area contributed by atoms with Crippen molar-refractivity contribution in [3.05, 3.63) is 0 Å². The smallest absolute Gasteiger partial charge is 0.196 e. The van der Waals surface area contributed by atoms with Gasteiger partial charge in [-0.25, -0.2) is 0 Å². The van der Waals surface area contributed by atoms with E-state index in [1.807, 2.05) is 0 Å². The second-order valence-corrected chi connectivity index (χ2v) is 4.68. The fraction of sp³-hybridized carbons (Fsp3) is 1.00. The Labute approximate surface area is 78.4 Å². The summed E-state index contributed by atoms with van der Waals surface area (Å²) >= 11 is 7.94. The first-order valence-electron chi connectivity index (χ1n) is 1.95. The summed E-state index contributed by atoms with van der Waals surface area (Å²) in [6.07, 6.45) is 0. The Morgan fingerprint density at radius 1 is 0.909 bits per heavy atom. The molecule has 0 spiro atoms. The molecule has 68 valence electrons. The summed E-state index contributed by atoms with van der Waals surface area (Å²) in [6.45, 7) is 0. The first-order chi connectivity index (χ1) is 4.71. The van der Waals surface area contributed by atoms with Gasteiger partial charge in [0.2, 0.25) is 0 Å². The van der Waals surface area contributed by atoms with Crippen molar-refractivity contribution < 1.29 is 17.6 Å². The monoisotopic (exact) mass is 249 g/mol. The molecule has 0 saturated heterocycles. The third-order valence-electron chi connectivity index (χ3n) is 0.315. The van der Waals surface area contributed by atoms with Crippen LogP contribution < -0.4 is 4.13 Å². The molecule has 1 N–H and O–H groups in total. The van der Waals surface area contributed by atoms with Crippen molar-refractivity contribution in [1.29, 1.82) is 0 Å². The minimum Gasteiger partial charge on any atom is -0.196 e. The van der Waals surface area contributed by atoms with Crippen LogP contribution in [0.1, 0.15) is 0 Å². The van der Waals surface area contributed by atoms with E-state index >= 15 is 0 Å². The summed E-state index contributed by atoms with van der Waals surface area (Å²) in [6, 6.07) is 0. The number of nitrogens with one attached hydrogen (secondary N) is 1. The lowest BCUT2D eigenvalue weighted by Gasteiger charge is -2.09. The van der Waals surface area contributed by atoms with E-state index in [0.29, 0.717) is 0 Å². The van der Waals surface area contributed by atoms with Crippen molar-refractivity contribution in [1.82, 2.24) is 4.13 Å². The standard InChI is InChI=1S/C2HCl2F4NS2/c3-1(5,6)10-9-11-2(4,7)8/h9H. The van der Waals surface area contributed by atoms with Crippen molar-refractivity contribution in [3.63, 3.8) is 0 Å². The maximum absolute atomic E-state index is 11.7. The van der Waals surface area contributed by atoms with Crippen LogP contribution in [0.3, 0.4) is 0 Å². The van der Waals surface area contributed by atoms with Gasteiger partial charge < -0.3 is 0 Å². The number of hydrogen-bond donors (Lipinski definition) is 1. The van der Waals surface area contributed by atoms with Crippen molar-refractivity contribution >= 4 is 47.1 Å². The molecule has 0 aliphatic carbocycles. The fourth-order valence-corrected chi connectivity index (χ4v) is 1.60. The summed E-state index contributed by atoms with van der Waals surface area (Å²) in [4.78, 5) is 0. The minimum absolute atomic E-state index is 0.359. The van der Waals surface area contributed by atoms with Crippen molar-refractivity contribution in [2.45, 2.75) is 9.43 Å². The van der Waals surface area contributed by atoms with Crippen LogP contribution in [0.5, 0.6) is 0 Å². The first-order valence-corrected chi connectivity index (χ1v) is 4.34. The van der Waals surface area contributed by atoms with E-state index in [9.17, 15) is 17.6 Å². The molecule has 0 atom stereocenters. The van der Waals surface area contributed by atoms with Gasteiger partial charge in [-0.15, -0.1) is 0 Å². The highest BCUT2D eigenvalue weighted by molar-refractivity contribution is 8.14. The second kappa shape index (κ2) is 4.27. The predicted octanol–water partition coefficient (Wildman–Crippen LogP) is 3.45. The molecule has 0 aromatic carbocycles. The average Bonchev–Trinajstić information content (AvgIpc) is 1.55. The van der Waals surface area contributed by atoms with Gasteiger partial charge in [0.05, 0.1) is 0 Å². The van der Waals surface area contributed by atoms with Crippen LogP contribution in [0, 0.1) is 0 Å². The summed E-state index contributed by atoms with van der Waals surface area (Å²) < 4.78 is 41.0. The van der Waals surface area contributed by atoms with Gasteiger partial charge in [0.15, 0.2) is 0 Å². The molecule has 0 heterocycles. The van der Waals surface area contributed by atoms with E-state index in [2.05, 4.69) is 23.2 Å². The Balaban J connectivity index is 3.44. The van der Waals surface area contributed by atoms with E-state index in [1.165, 1.54) is 4.13 Å². The van der Waals surface area contributed by atoms with Gasteiger partial charge in [-0.05, 0) is 23.2 Å². The van der Waals surface area contributed by atoms with Crippen LogP contribution in [0.2, 0.25) is 0 Å². The third kappa shape index (κ3) is 11.0. The van der Waals surface area contributed by atoms with Crippen LogP contribution in [-0.2, 0) is 0 Å². The molecule has 0 fully saturated rings. The van der Waals surface area contributed by atoms with Gasteiger partial charge in [0.1, 0.15) is 0 Å². The molecule has 0 aliphatic rings. The van der Waals surface area contributed by atoms with Gasteiger partial charge in [-0.3, -0.25) is 0 Å². The Morgan fingerprint density at radius 2 is 1.18 bits per heavy atom. The highest BCUT2D eigenvalue weighted by Crippen LogP contribution is 2.37. The normalized spacial score (nSPS) is 13.6. The molecule has 0 aromatic rings. The largest absolute Gasteiger partial charge is 0.385 e. The van der Waals surface area contributed by atoms with Gasteiger partial charge in [-0.1, -0.05) is 0 Å². The molecule has 0 amide bonds. The summed E-state index contributed by atoms with van der Waals surface area (Å²) in [5, 5.41) is 0. The third-order valence-corrected chi connectivity index (χ3v) is 1.91. The Kier molecular flexibility index (Phi) is 4.64. The molecular weight excluding hydrogens is 249 g/mol. The average molecular weight is 250 g/mol. The summed E-state index contributed by atoms with van der Waals surface area (Å²) in [5.41, 5.74) is 0. The van der Waals surface area contributed by atoms with Gasteiger partial charge >= 0.3 is 9.43 Å². The van der Waals surface area contributed by atoms with Gasteiger partial charge in [0, 0.05) is 23.9 Å². The van der Waals surface area contributed by atoms with Gasteiger partial charge in [-0.2, -0.15) is 21.7 Å². The highest BCUT2D eigenvalue weighted by Gasteiger charge is 2.31. The fourth-order valence-electron chi connectivity index (χ4n) is 0.115. The molecule has 1 nitrogen and oxygen atoms in total. The van der Waals surface area contributed by atoms with E-state index in [4.69, 9.17) is 0 Å². The van der Waals surface area contributed by atoms with Crippen LogP contribution in [-0.4, -0.2) is 9.43 Å². The molecule has 0 radical (unpaired) electrons. The number of alkyl halides is 6. The zero-order chi connectivity index (χ0) is 9.12. The summed E-state index contributed by atoms with van der Waals surface area (Å²) in [5.74, 6) is 0. The molecule has 0 aliphatic heterocycles. The lowest BCUT2D eigenvalue weighted by molar-refractivity contribution is 0.200. The molecule has 0 saturated carbocycles. The maximum Gasteiger partial charge on any atom is 0.385 e. The highest BCUT2D eigenvalue weighted by atomic mass is 35.5. The molecule has 0 rings (SSSR count). The SMILES string of the molecule is FC(F)(Cl)SNSC(F)(F)Cl. The van der Waals surface area contributed by atoms with Crippen molar-refractivity contribution in [2.24, 2.45) is 0 Å². The van der Waals surface area contributed by atoms with Crippen LogP contribution in [0.25, 0.3) is 0 Å². The molecular formula is C2HCl2F4NS2. The lowest BCUT2D eigenvalue weighted by Crippen LogP contribution is -2.11. The molecule has 0 unspecified atom stereocenters. The predicted molar refractivity (Wildman–Crippen MR) is 39.9 cm³/mol. The lowest BCUT2D eigenvalue weighted by atomic mass is 11.6.